The molecule has 2 aromatic carbocycles. The van der Waals surface area contributed by atoms with Gasteiger partial charge < -0.3 is 0 Å². The van der Waals surface area contributed by atoms with Crippen LogP contribution in [0.4, 0.5) is 14.5 Å². The highest BCUT2D eigenvalue weighted by Crippen LogP contribution is 2.31. The quantitative estimate of drug-likeness (QED) is 0.862. The van der Waals surface area contributed by atoms with E-state index < -0.39 is 26.6 Å². The fourth-order valence-electron chi connectivity index (χ4n) is 1.96. The first-order valence-corrected chi connectivity index (χ1v) is 8.65. The largest absolute Gasteiger partial charge is 0.278 e. The minimum absolute atomic E-state index is 0.128. The molecule has 0 radical (unpaired) electrons. The Bertz CT molecular complexity index is 846. The van der Waals surface area contributed by atoms with Gasteiger partial charge in [-0.15, -0.1) is 0 Å². The van der Waals surface area contributed by atoms with Crippen LogP contribution in [0, 0.1) is 11.6 Å². The normalized spacial score (nSPS) is 12.3. The summed E-state index contributed by atoms with van der Waals surface area (Å²) in [6.07, 6.45) is 0. The van der Waals surface area contributed by atoms with Gasteiger partial charge in [-0.1, -0.05) is 38.4 Å². The molecule has 0 amide bonds. The number of sulfonamides is 1. The van der Waals surface area contributed by atoms with Crippen molar-refractivity contribution in [1.82, 2.24) is 0 Å². The molecule has 2 rings (SSSR count). The van der Waals surface area contributed by atoms with Crippen molar-refractivity contribution in [1.29, 1.82) is 0 Å². The van der Waals surface area contributed by atoms with E-state index in [4.69, 9.17) is 11.6 Å². The maximum Gasteiger partial charge on any atom is 0.264 e. The highest BCUT2D eigenvalue weighted by Gasteiger charge is 2.22. The van der Waals surface area contributed by atoms with E-state index in [0.717, 1.165) is 17.7 Å². The molecular formula is C16H16ClF2NO2S. The molecular weight excluding hydrogens is 344 g/mol. The van der Waals surface area contributed by atoms with Gasteiger partial charge in [0.1, 0.15) is 16.5 Å². The summed E-state index contributed by atoms with van der Waals surface area (Å²) in [4.78, 5) is -0.644. The van der Waals surface area contributed by atoms with Gasteiger partial charge in [0.15, 0.2) is 0 Å². The van der Waals surface area contributed by atoms with Gasteiger partial charge >= 0.3 is 0 Å². The summed E-state index contributed by atoms with van der Waals surface area (Å²) in [5.74, 6) is -2.02. The molecule has 0 fully saturated rings. The van der Waals surface area contributed by atoms with Gasteiger partial charge in [-0.2, -0.15) is 0 Å². The van der Waals surface area contributed by atoms with Gasteiger partial charge in [-0.3, -0.25) is 4.72 Å². The molecule has 124 valence electrons. The topological polar surface area (TPSA) is 46.2 Å². The minimum atomic E-state index is -4.21. The molecule has 1 N–H and O–H groups in total. The Morgan fingerprint density at radius 2 is 1.70 bits per heavy atom. The molecule has 0 unspecified atom stereocenters. The van der Waals surface area contributed by atoms with Gasteiger partial charge in [-0.25, -0.2) is 17.2 Å². The van der Waals surface area contributed by atoms with Crippen molar-refractivity contribution in [3.63, 3.8) is 0 Å². The van der Waals surface area contributed by atoms with Crippen LogP contribution in [0.2, 0.25) is 5.02 Å². The highest BCUT2D eigenvalue weighted by molar-refractivity contribution is 7.92. The average Bonchev–Trinajstić information content (AvgIpc) is 2.39. The lowest BCUT2D eigenvalue weighted by Gasteiger charge is -2.20. The Balaban J connectivity index is 2.38. The minimum Gasteiger partial charge on any atom is -0.278 e. The fraction of sp³-hybridized carbons (Fsp3) is 0.250. The molecule has 7 heteroatoms. The third-order valence-corrected chi connectivity index (χ3v) is 4.97. The molecule has 2 aromatic rings. The molecule has 0 aromatic heterocycles. The summed E-state index contributed by atoms with van der Waals surface area (Å²) in [6, 6.07) is 7.17. The molecule has 0 aliphatic heterocycles. The molecule has 0 aliphatic carbocycles. The summed E-state index contributed by atoms with van der Waals surface area (Å²) in [7, 11) is -4.21. The molecule has 3 nitrogen and oxygen atoms in total. The monoisotopic (exact) mass is 359 g/mol. The summed E-state index contributed by atoms with van der Waals surface area (Å²) in [5.41, 5.74) is 0.909. The van der Waals surface area contributed by atoms with Crippen LogP contribution in [-0.2, 0) is 15.4 Å². The number of anilines is 1. The smallest absolute Gasteiger partial charge is 0.264 e. The van der Waals surface area contributed by atoms with E-state index in [1.807, 2.05) is 20.8 Å². The van der Waals surface area contributed by atoms with Crippen LogP contribution in [0.1, 0.15) is 26.3 Å². The van der Waals surface area contributed by atoms with E-state index in [2.05, 4.69) is 4.72 Å². The molecule has 0 spiro atoms. The Labute approximate surface area is 139 Å². The Hall–Kier alpha value is -1.66. The van der Waals surface area contributed by atoms with Crippen LogP contribution in [0.5, 0.6) is 0 Å². The lowest BCUT2D eigenvalue weighted by molar-refractivity contribution is 0.551. The zero-order valence-electron chi connectivity index (χ0n) is 12.8. The summed E-state index contributed by atoms with van der Waals surface area (Å²) in [5, 5.41) is 0.198. The van der Waals surface area contributed by atoms with Crippen molar-refractivity contribution in [3.05, 3.63) is 58.6 Å². The maximum absolute atomic E-state index is 13.7. The van der Waals surface area contributed by atoms with Crippen molar-refractivity contribution in [2.24, 2.45) is 0 Å². The highest BCUT2D eigenvalue weighted by atomic mass is 35.5. The van der Waals surface area contributed by atoms with E-state index in [-0.39, 0.29) is 16.1 Å². The SMILES string of the molecule is CC(C)(C)c1ccc(NS(=O)(=O)c2ccc(F)cc2F)c(Cl)c1. The van der Waals surface area contributed by atoms with Crippen LogP contribution in [0.15, 0.2) is 41.3 Å². The maximum atomic E-state index is 13.7. The van der Waals surface area contributed by atoms with Crippen molar-refractivity contribution in [2.75, 3.05) is 4.72 Å². The van der Waals surface area contributed by atoms with Crippen LogP contribution >= 0.6 is 11.6 Å². The molecule has 0 bridgehead atoms. The standard InChI is InChI=1S/C16H16ClF2NO2S/c1-16(2,3)10-4-6-14(12(17)8-10)20-23(21,22)15-7-5-11(18)9-13(15)19/h4-9,20H,1-3H3. The predicted molar refractivity (Wildman–Crippen MR) is 87.3 cm³/mol. The van der Waals surface area contributed by atoms with E-state index in [9.17, 15) is 17.2 Å². The number of hydrogen-bond donors (Lipinski definition) is 1. The van der Waals surface area contributed by atoms with Gasteiger partial charge in [0.2, 0.25) is 0 Å². The molecule has 23 heavy (non-hydrogen) atoms. The van der Waals surface area contributed by atoms with Crippen LogP contribution < -0.4 is 4.72 Å². The molecule has 0 atom stereocenters. The van der Waals surface area contributed by atoms with Crippen LogP contribution in [-0.4, -0.2) is 8.42 Å². The zero-order valence-corrected chi connectivity index (χ0v) is 14.4. The van der Waals surface area contributed by atoms with Crippen molar-refractivity contribution in [2.45, 2.75) is 31.1 Å². The second kappa shape index (κ2) is 6.09. The molecule has 0 aliphatic rings. The first-order valence-electron chi connectivity index (χ1n) is 6.78. The summed E-state index contributed by atoms with van der Waals surface area (Å²) >= 11 is 6.11. The first-order chi connectivity index (χ1) is 10.5. The van der Waals surface area contributed by atoms with Crippen molar-refractivity contribution >= 4 is 27.3 Å². The Kier molecular flexibility index (Phi) is 4.69. The van der Waals surface area contributed by atoms with Gasteiger partial charge in [-0.05, 0) is 35.2 Å². The number of halogens is 3. The van der Waals surface area contributed by atoms with Crippen LogP contribution in [0.3, 0.4) is 0 Å². The van der Waals surface area contributed by atoms with Crippen molar-refractivity contribution < 1.29 is 17.2 Å². The summed E-state index contributed by atoms with van der Waals surface area (Å²) in [6.45, 7) is 5.99. The van der Waals surface area contributed by atoms with E-state index in [1.54, 1.807) is 12.1 Å². The predicted octanol–water partition coefficient (Wildman–Crippen LogP) is 4.72. The zero-order chi connectivity index (χ0) is 17.4. The lowest BCUT2D eigenvalue weighted by atomic mass is 9.87. The molecule has 0 saturated carbocycles. The van der Waals surface area contributed by atoms with Gasteiger partial charge in [0, 0.05) is 6.07 Å². The van der Waals surface area contributed by atoms with E-state index in [0.29, 0.717) is 6.07 Å². The molecule has 0 heterocycles. The Morgan fingerprint density at radius 3 is 2.22 bits per heavy atom. The molecule has 0 saturated heterocycles. The van der Waals surface area contributed by atoms with Gasteiger partial charge in [0.05, 0.1) is 10.7 Å². The average molecular weight is 360 g/mol. The second-order valence-corrected chi connectivity index (χ2v) is 8.18. The number of benzene rings is 2. The van der Waals surface area contributed by atoms with Crippen LogP contribution in [0.25, 0.3) is 0 Å². The van der Waals surface area contributed by atoms with Crippen molar-refractivity contribution in [3.8, 4) is 0 Å². The number of nitrogens with one attached hydrogen (secondary N) is 1. The lowest BCUT2D eigenvalue weighted by Crippen LogP contribution is -2.16. The second-order valence-electron chi connectivity index (χ2n) is 6.12. The third kappa shape index (κ3) is 4.00. The fourth-order valence-corrected chi connectivity index (χ4v) is 3.38. The summed E-state index contributed by atoms with van der Waals surface area (Å²) < 4.78 is 53.3. The van der Waals surface area contributed by atoms with E-state index >= 15 is 0 Å². The van der Waals surface area contributed by atoms with Gasteiger partial charge in [0.25, 0.3) is 10.0 Å². The third-order valence-electron chi connectivity index (χ3n) is 3.26. The number of hydrogen-bond acceptors (Lipinski definition) is 2. The first kappa shape index (κ1) is 17.7. The Morgan fingerprint density at radius 1 is 1.04 bits per heavy atom. The number of rotatable bonds is 3. The van der Waals surface area contributed by atoms with E-state index in [1.165, 1.54) is 6.07 Å².